The van der Waals surface area contributed by atoms with Crippen molar-refractivity contribution in [1.82, 2.24) is 0 Å². The van der Waals surface area contributed by atoms with Crippen molar-refractivity contribution < 1.29 is 9.84 Å². The summed E-state index contributed by atoms with van der Waals surface area (Å²) in [6.07, 6.45) is 1.11. The molecule has 0 bridgehead atoms. The smallest absolute Gasteiger partial charge is 0.129 e. The maximum absolute atomic E-state index is 10.5. The molecule has 0 heterocycles. The minimum Gasteiger partial charge on any atom is -0.487 e. The highest BCUT2D eigenvalue weighted by Gasteiger charge is 2.29. The first kappa shape index (κ1) is 13.2. The van der Waals surface area contributed by atoms with Gasteiger partial charge >= 0.3 is 0 Å². The van der Waals surface area contributed by atoms with E-state index in [1.165, 1.54) is 11.1 Å². The molecule has 0 aliphatic heterocycles. The minimum absolute atomic E-state index is 0.162. The van der Waals surface area contributed by atoms with Crippen molar-refractivity contribution in [3.63, 3.8) is 0 Å². The Labute approximate surface area is 120 Å². The van der Waals surface area contributed by atoms with Crippen molar-refractivity contribution in [2.75, 3.05) is 0 Å². The number of aliphatic hydroxyl groups excluding tert-OH is 1. The molecule has 20 heavy (non-hydrogen) atoms. The number of hydrogen-bond acceptors (Lipinski definition) is 2. The first-order chi connectivity index (χ1) is 9.66. The van der Waals surface area contributed by atoms with Gasteiger partial charge in [-0.1, -0.05) is 36.4 Å². The highest BCUT2D eigenvalue weighted by atomic mass is 16.5. The van der Waals surface area contributed by atoms with E-state index in [4.69, 9.17) is 4.74 Å². The molecule has 0 amide bonds. The third kappa shape index (κ3) is 2.32. The Morgan fingerprint density at radius 1 is 1.05 bits per heavy atom. The molecule has 2 atom stereocenters. The predicted molar refractivity (Wildman–Crippen MR) is 80.1 cm³/mol. The van der Waals surface area contributed by atoms with Crippen LogP contribution in [0.25, 0.3) is 0 Å². The molecule has 104 valence electrons. The average molecular weight is 268 g/mol. The molecule has 0 radical (unpaired) electrons. The van der Waals surface area contributed by atoms with Crippen molar-refractivity contribution in [2.24, 2.45) is 0 Å². The zero-order chi connectivity index (χ0) is 14.1. The van der Waals surface area contributed by atoms with E-state index in [-0.39, 0.29) is 6.10 Å². The molecule has 2 aromatic carbocycles. The van der Waals surface area contributed by atoms with Gasteiger partial charge in [-0.2, -0.15) is 0 Å². The van der Waals surface area contributed by atoms with E-state index in [0.29, 0.717) is 0 Å². The van der Waals surface area contributed by atoms with Crippen LogP contribution in [0.3, 0.4) is 0 Å². The zero-order valence-electron chi connectivity index (χ0n) is 12.0. The van der Waals surface area contributed by atoms with Gasteiger partial charge in [0.25, 0.3) is 0 Å². The molecule has 3 rings (SSSR count). The Kier molecular flexibility index (Phi) is 3.49. The van der Waals surface area contributed by atoms with E-state index in [1.807, 2.05) is 30.3 Å². The lowest BCUT2D eigenvalue weighted by Crippen LogP contribution is -2.30. The van der Waals surface area contributed by atoms with Gasteiger partial charge in [0.15, 0.2) is 0 Å². The van der Waals surface area contributed by atoms with Gasteiger partial charge in [-0.15, -0.1) is 0 Å². The van der Waals surface area contributed by atoms with Gasteiger partial charge in [0.05, 0.1) is 0 Å². The van der Waals surface area contributed by atoms with Crippen LogP contribution in [0.2, 0.25) is 0 Å². The van der Waals surface area contributed by atoms with E-state index in [9.17, 15) is 5.11 Å². The molecule has 1 aliphatic rings. The number of benzene rings is 2. The summed E-state index contributed by atoms with van der Waals surface area (Å²) in [7, 11) is 0. The number of hydrogen-bond donors (Lipinski definition) is 1. The fraction of sp³-hybridized carbons (Fsp3) is 0.333. The number of fused-ring (bicyclic) bond motifs is 1. The lowest BCUT2D eigenvalue weighted by molar-refractivity contribution is 0.0226. The highest BCUT2D eigenvalue weighted by Crippen LogP contribution is 2.33. The van der Waals surface area contributed by atoms with Gasteiger partial charge in [-0.05, 0) is 55.0 Å². The summed E-state index contributed by atoms with van der Waals surface area (Å²) in [6, 6.07) is 14.1. The normalized spacial score (nSPS) is 21.4. The van der Waals surface area contributed by atoms with E-state index >= 15 is 0 Å². The van der Waals surface area contributed by atoms with Gasteiger partial charge in [0, 0.05) is 0 Å². The van der Waals surface area contributed by atoms with Crippen LogP contribution in [-0.4, -0.2) is 11.2 Å². The first-order valence-corrected chi connectivity index (χ1v) is 7.15. The van der Waals surface area contributed by atoms with Gasteiger partial charge in [-0.25, -0.2) is 0 Å². The quantitative estimate of drug-likeness (QED) is 0.899. The Morgan fingerprint density at radius 2 is 1.85 bits per heavy atom. The fourth-order valence-electron chi connectivity index (χ4n) is 2.84. The Hall–Kier alpha value is -1.80. The molecule has 0 aromatic heterocycles. The number of ether oxygens (including phenoxy) is 1. The van der Waals surface area contributed by atoms with Crippen LogP contribution in [0.1, 0.15) is 34.8 Å². The van der Waals surface area contributed by atoms with E-state index in [0.717, 1.165) is 29.7 Å². The van der Waals surface area contributed by atoms with E-state index < -0.39 is 6.10 Å². The Balaban J connectivity index is 1.85. The van der Waals surface area contributed by atoms with Crippen molar-refractivity contribution in [2.45, 2.75) is 38.9 Å². The number of aliphatic hydroxyl groups is 1. The maximum atomic E-state index is 10.5. The summed E-state index contributed by atoms with van der Waals surface area (Å²) in [5, 5.41) is 10.5. The van der Waals surface area contributed by atoms with Crippen molar-refractivity contribution >= 4 is 0 Å². The molecule has 1 N–H and O–H groups in total. The van der Waals surface area contributed by atoms with Gasteiger partial charge in [-0.3, -0.25) is 0 Å². The third-order valence-corrected chi connectivity index (χ3v) is 4.26. The Bertz CT molecular complexity index is 619. The second kappa shape index (κ2) is 5.29. The minimum atomic E-state index is -0.542. The average Bonchev–Trinajstić information content (AvgIpc) is 2.47. The molecular weight excluding hydrogens is 248 g/mol. The summed E-state index contributed by atoms with van der Waals surface area (Å²) in [5.41, 5.74) is 4.61. The third-order valence-electron chi connectivity index (χ3n) is 4.26. The lowest BCUT2D eigenvalue weighted by atomic mass is 9.87. The van der Waals surface area contributed by atoms with Crippen LogP contribution in [-0.2, 0) is 6.42 Å². The number of aryl methyl sites for hydroxylation is 2. The monoisotopic (exact) mass is 268 g/mol. The van der Waals surface area contributed by atoms with Crippen LogP contribution >= 0.6 is 0 Å². The summed E-state index contributed by atoms with van der Waals surface area (Å²) in [6.45, 7) is 4.14. The van der Waals surface area contributed by atoms with Crippen molar-refractivity contribution in [3.05, 3.63) is 64.7 Å². The largest absolute Gasteiger partial charge is 0.487 e. The second-order valence-electron chi connectivity index (χ2n) is 5.54. The summed E-state index contributed by atoms with van der Waals surface area (Å²) < 4.78 is 6.09. The van der Waals surface area contributed by atoms with Crippen molar-refractivity contribution in [1.29, 1.82) is 0 Å². The van der Waals surface area contributed by atoms with Crippen LogP contribution in [0, 0.1) is 13.8 Å². The molecule has 2 nitrogen and oxygen atoms in total. The van der Waals surface area contributed by atoms with Crippen LogP contribution in [0.5, 0.6) is 5.75 Å². The zero-order valence-corrected chi connectivity index (χ0v) is 12.0. The molecule has 0 saturated heterocycles. The molecule has 0 saturated carbocycles. The maximum Gasteiger partial charge on any atom is 0.129 e. The lowest BCUT2D eigenvalue weighted by Gasteiger charge is -2.31. The Morgan fingerprint density at radius 3 is 2.70 bits per heavy atom. The molecule has 2 aromatic rings. The van der Waals surface area contributed by atoms with Crippen LogP contribution < -0.4 is 4.74 Å². The van der Waals surface area contributed by atoms with E-state index in [1.54, 1.807) is 0 Å². The second-order valence-corrected chi connectivity index (χ2v) is 5.54. The molecule has 0 fully saturated rings. The molecule has 1 aliphatic carbocycles. The van der Waals surface area contributed by atoms with E-state index in [2.05, 4.69) is 26.0 Å². The summed E-state index contributed by atoms with van der Waals surface area (Å²) in [4.78, 5) is 0. The summed E-state index contributed by atoms with van der Waals surface area (Å²) in [5.74, 6) is 0.883. The van der Waals surface area contributed by atoms with Crippen molar-refractivity contribution in [3.8, 4) is 5.75 Å². The van der Waals surface area contributed by atoms with Crippen LogP contribution in [0.15, 0.2) is 42.5 Å². The van der Waals surface area contributed by atoms with Gasteiger partial charge in [0.1, 0.15) is 18.0 Å². The predicted octanol–water partition coefficient (Wildman–Crippen LogP) is 3.73. The summed E-state index contributed by atoms with van der Waals surface area (Å²) >= 11 is 0. The standard InChI is InChI=1S/C18H20O2/c1-12-6-5-9-16(13(12)2)20-17-11-10-14-7-3-4-8-15(14)18(17)19/h3-9,17-19H,10-11H2,1-2H3. The molecular formula is C18H20O2. The van der Waals surface area contributed by atoms with Gasteiger partial charge < -0.3 is 9.84 Å². The molecule has 0 spiro atoms. The highest BCUT2D eigenvalue weighted by molar-refractivity contribution is 5.39. The molecule has 2 heteroatoms. The molecule has 2 unspecified atom stereocenters. The van der Waals surface area contributed by atoms with Gasteiger partial charge in [0.2, 0.25) is 0 Å². The first-order valence-electron chi connectivity index (χ1n) is 7.15. The number of rotatable bonds is 2. The van der Waals surface area contributed by atoms with Crippen LogP contribution in [0.4, 0.5) is 0 Å². The fourth-order valence-corrected chi connectivity index (χ4v) is 2.84. The topological polar surface area (TPSA) is 29.5 Å². The SMILES string of the molecule is Cc1cccc(OC2CCc3ccccc3C2O)c1C.